The number of nitrogens with zero attached hydrogens (tertiary/aromatic N) is 1. The van der Waals surface area contributed by atoms with Gasteiger partial charge in [0.2, 0.25) is 9.84 Å². The number of para-hydroxylation sites is 1. The summed E-state index contributed by atoms with van der Waals surface area (Å²) in [5, 5.41) is 1.36. The van der Waals surface area contributed by atoms with Crippen LogP contribution in [0.15, 0.2) is 88.7 Å². The van der Waals surface area contributed by atoms with Gasteiger partial charge in [-0.25, -0.2) is 13.4 Å². The smallest absolute Gasteiger partial charge is 0.208 e. The minimum Gasteiger partial charge on any atom is -0.246 e. The SMILES string of the molecule is Cc1ccc(S(=O)(=O)c2cc3ccccc3nc2-c2ccc(Cl)cc2)cc1. The second-order valence-corrected chi connectivity index (χ2v) is 8.71. The number of halogens is 1. The molecule has 3 aromatic carbocycles. The van der Waals surface area contributed by atoms with Crippen molar-refractivity contribution in [2.45, 2.75) is 16.7 Å². The summed E-state index contributed by atoms with van der Waals surface area (Å²) in [6, 6.07) is 23.1. The summed E-state index contributed by atoms with van der Waals surface area (Å²) in [4.78, 5) is 5.10. The van der Waals surface area contributed by atoms with Crippen LogP contribution in [0.2, 0.25) is 5.02 Å². The molecule has 1 aromatic heterocycles. The molecule has 0 saturated heterocycles. The number of rotatable bonds is 3. The molecule has 5 heteroatoms. The van der Waals surface area contributed by atoms with E-state index in [2.05, 4.69) is 4.98 Å². The molecule has 0 spiro atoms. The first kappa shape index (κ1) is 17.7. The van der Waals surface area contributed by atoms with Crippen LogP contribution in [0.25, 0.3) is 22.2 Å². The topological polar surface area (TPSA) is 47.0 Å². The molecule has 0 saturated carbocycles. The van der Waals surface area contributed by atoms with Crippen molar-refractivity contribution in [1.29, 1.82) is 0 Å². The van der Waals surface area contributed by atoms with E-state index in [4.69, 9.17) is 11.6 Å². The Kier molecular flexibility index (Phi) is 4.46. The molecule has 0 aliphatic rings. The van der Waals surface area contributed by atoms with Gasteiger partial charge in [0.25, 0.3) is 0 Å². The van der Waals surface area contributed by atoms with Crippen LogP contribution in [0.3, 0.4) is 0 Å². The van der Waals surface area contributed by atoms with Crippen LogP contribution < -0.4 is 0 Å². The maximum absolute atomic E-state index is 13.4. The number of fused-ring (bicyclic) bond motifs is 1. The molecule has 0 atom stereocenters. The van der Waals surface area contributed by atoms with Gasteiger partial charge in [0.1, 0.15) is 0 Å². The van der Waals surface area contributed by atoms with Crippen molar-refractivity contribution in [3.63, 3.8) is 0 Å². The number of benzene rings is 3. The maximum Gasteiger partial charge on any atom is 0.208 e. The summed E-state index contributed by atoms with van der Waals surface area (Å²) in [5.41, 5.74) is 2.87. The third kappa shape index (κ3) is 3.34. The van der Waals surface area contributed by atoms with Gasteiger partial charge in [-0.3, -0.25) is 0 Å². The highest BCUT2D eigenvalue weighted by Crippen LogP contribution is 2.33. The predicted octanol–water partition coefficient (Wildman–Crippen LogP) is 5.70. The van der Waals surface area contributed by atoms with Crippen LogP contribution in [0.1, 0.15) is 5.56 Å². The minimum atomic E-state index is -3.73. The van der Waals surface area contributed by atoms with E-state index in [9.17, 15) is 8.42 Å². The highest BCUT2D eigenvalue weighted by molar-refractivity contribution is 7.91. The monoisotopic (exact) mass is 393 g/mol. The zero-order chi connectivity index (χ0) is 19.0. The van der Waals surface area contributed by atoms with Crippen LogP contribution in [0.5, 0.6) is 0 Å². The molecule has 4 rings (SSSR count). The van der Waals surface area contributed by atoms with E-state index in [1.165, 1.54) is 0 Å². The molecule has 1 heterocycles. The highest BCUT2D eigenvalue weighted by atomic mass is 35.5. The lowest BCUT2D eigenvalue weighted by Crippen LogP contribution is -2.06. The fourth-order valence-corrected chi connectivity index (χ4v) is 4.53. The summed E-state index contributed by atoms with van der Waals surface area (Å²) in [7, 11) is -3.73. The van der Waals surface area contributed by atoms with Crippen LogP contribution >= 0.6 is 11.6 Å². The van der Waals surface area contributed by atoms with Crippen molar-refractivity contribution in [3.05, 3.63) is 89.4 Å². The van der Waals surface area contributed by atoms with Crippen LogP contribution in [-0.4, -0.2) is 13.4 Å². The molecule has 27 heavy (non-hydrogen) atoms. The Morgan fingerprint density at radius 2 is 1.52 bits per heavy atom. The van der Waals surface area contributed by atoms with Crippen molar-refractivity contribution in [2.24, 2.45) is 0 Å². The lowest BCUT2D eigenvalue weighted by Gasteiger charge is -2.12. The Bertz CT molecular complexity index is 1230. The average Bonchev–Trinajstić information content (AvgIpc) is 2.68. The first-order chi connectivity index (χ1) is 12.9. The zero-order valence-electron chi connectivity index (χ0n) is 14.6. The molecule has 0 N–H and O–H groups in total. The minimum absolute atomic E-state index is 0.187. The Morgan fingerprint density at radius 1 is 0.852 bits per heavy atom. The maximum atomic E-state index is 13.4. The first-order valence-electron chi connectivity index (χ1n) is 8.43. The fourth-order valence-electron chi connectivity index (χ4n) is 2.96. The van der Waals surface area contributed by atoms with Gasteiger partial charge in [-0.2, -0.15) is 0 Å². The first-order valence-corrected chi connectivity index (χ1v) is 10.3. The zero-order valence-corrected chi connectivity index (χ0v) is 16.1. The van der Waals surface area contributed by atoms with E-state index in [1.807, 2.05) is 31.2 Å². The number of hydrogen-bond acceptors (Lipinski definition) is 3. The van der Waals surface area contributed by atoms with E-state index in [0.717, 1.165) is 16.5 Å². The summed E-state index contributed by atoms with van der Waals surface area (Å²) in [5.74, 6) is 0. The lowest BCUT2D eigenvalue weighted by atomic mass is 10.1. The molecule has 134 valence electrons. The molecule has 0 fully saturated rings. The van der Waals surface area contributed by atoms with Crippen molar-refractivity contribution >= 4 is 32.3 Å². The number of sulfone groups is 1. The van der Waals surface area contributed by atoms with Crippen molar-refractivity contribution in [3.8, 4) is 11.3 Å². The summed E-state index contributed by atoms with van der Waals surface area (Å²) in [6.45, 7) is 1.92. The Hall–Kier alpha value is -2.69. The Morgan fingerprint density at radius 3 is 2.22 bits per heavy atom. The highest BCUT2D eigenvalue weighted by Gasteiger charge is 2.24. The molecule has 3 nitrogen and oxygen atoms in total. The molecule has 0 unspecified atom stereocenters. The Labute approximate surface area is 163 Å². The van der Waals surface area contributed by atoms with Gasteiger partial charge in [-0.1, -0.05) is 59.6 Å². The molecule has 0 amide bonds. The van der Waals surface area contributed by atoms with E-state index < -0.39 is 9.84 Å². The normalized spacial score (nSPS) is 11.6. The molecular formula is C22H16ClNO2S. The van der Waals surface area contributed by atoms with Crippen LogP contribution in [0, 0.1) is 6.92 Å². The second kappa shape index (κ2) is 6.80. The average molecular weight is 394 g/mol. The molecule has 0 aliphatic heterocycles. The number of pyridine rings is 1. The number of aryl methyl sites for hydroxylation is 1. The van der Waals surface area contributed by atoms with Gasteiger partial charge >= 0.3 is 0 Å². The van der Waals surface area contributed by atoms with Gasteiger partial charge in [0.15, 0.2) is 0 Å². The largest absolute Gasteiger partial charge is 0.246 e. The fraction of sp³-hybridized carbons (Fsp3) is 0.0455. The quantitative estimate of drug-likeness (QED) is 0.448. The van der Waals surface area contributed by atoms with Gasteiger partial charge in [0, 0.05) is 16.0 Å². The molecule has 0 bridgehead atoms. The summed E-state index contributed by atoms with van der Waals surface area (Å²) in [6.07, 6.45) is 0. The van der Waals surface area contributed by atoms with Crippen LogP contribution in [0.4, 0.5) is 0 Å². The van der Waals surface area contributed by atoms with E-state index in [1.54, 1.807) is 54.6 Å². The third-order valence-electron chi connectivity index (χ3n) is 4.43. The van der Waals surface area contributed by atoms with Gasteiger partial charge in [0.05, 0.1) is 21.0 Å². The van der Waals surface area contributed by atoms with Crippen molar-refractivity contribution in [1.82, 2.24) is 4.98 Å². The molecule has 0 aliphatic carbocycles. The molecule has 4 aromatic rings. The molecular weight excluding hydrogens is 378 g/mol. The van der Waals surface area contributed by atoms with Crippen molar-refractivity contribution < 1.29 is 8.42 Å². The van der Waals surface area contributed by atoms with E-state index >= 15 is 0 Å². The summed E-state index contributed by atoms with van der Waals surface area (Å²) < 4.78 is 26.8. The van der Waals surface area contributed by atoms with Gasteiger partial charge in [-0.05, 0) is 43.3 Å². The van der Waals surface area contributed by atoms with Crippen molar-refractivity contribution in [2.75, 3.05) is 0 Å². The second-order valence-electron chi connectivity index (χ2n) is 6.35. The van der Waals surface area contributed by atoms with E-state index in [-0.39, 0.29) is 9.79 Å². The van der Waals surface area contributed by atoms with E-state index in [0.29, 0.717) is 16.3 Å². The third-order valence-corrected chi connectivity index (χ3v) is 6.46. The number of hydrogen-bond donors (Lipinski definition) is 0. The van der Waals surface area contributed by atoms with Gasteiger partial charge < -0.3 is 0 Å². The summed E-state index contributed by atoms with van der Waals surface area (Å²) >= 11 is 6.00. The lowest BCUT2D eigenvalue weighted by molar-refractivity contribution is 0.596. The standard InChI is InChI=1S/C22H16ClNO2S/c1-15-6-12-19(13-7-15)27(25,26)21-14-17-4-2-3-5-20(17)24-22(21)16-8-10-18(23)11-9-16/h2-14H,1H3. The molecule has 0 radical (unpaired) electrons. The van der Waals surface area contributed by atoms with Gasteiger partial charge in [-0.15, -0.1) is 0 Å². The Balaban J connectivity index is 2.01. The van der Waals surface area contributed by atoms with Crippen LogP contribution in [-0.2, 0) is 9.84 Å². The number of aromatic nitrogens is 1. The predicted molar refractivity (Wildman–Crippen MR) is 109 cm³/mol.